The summed E-state index contributed by atoms with van der Waals surface area (Å²) in [5.41, 5.74) is 2.81. The Balaban J connectivity index is 2.36. The van der Waals surface area contributed by atoms with E-state index < -0.39 is 0 Å². The zero-order valence-corrected chi connectivity index (χ0v) is 11.5. The van der Waals surface area contributed by atoms with E-state index in [1.807, 2.05) is 0 Å². The molecule has 0 saturated heterocycles. The first-order chi connectivity index (χ1) is 8.04. The molecule has 0 amide bonds. The summed E-state index contributed by atoms with van der Waals surface area (Å²) in [7, 11) is 1.75. The van der Waals surface area contributed by atoms with Crippen LogP contribution in [0.2, 0.25) is 0 Å². The number of anilines is 1. The van der Waals surface area contributed by atoms with E-state index in [1.54, 1.807) is 7.11 Å². The van der Waals surface area contributed by atoms with Crippen LogP contribution in [0.1, 0.15) is 39.2 Å². The third-order valence-electron chi connectivity index (χ3n) is 2.86. The molecule has 1 aromatic rings. The summed E-state index contributed by atoms with van der Waals surface area (Å²) in [5, 5.41) is 3.43. The topological polar surface area (TPSA) is 21.3 Å². The van der Waals surface area contributed by atoms with Crippen LogP contribution in [0, 0.1) is 0 Å². The third kappa shape index (κ3) is 5.22. The van der Waals surface area contributed by atoms with Crippen molar-refractivity contribution < 1.29 is 4.74 Å². The molecule has 0 aromatic heterocycles. The summed E-state index contributed by atoms with van der Waals surface area (Å²) >= 11 is 0. The number of unbranched alkanes of at least 4 members (excludes halogenated alkanes) is 1. The molecule has 0 heterocycles. The van der Waals surface area contributed by atoms with Crippen LogP contribution in [0.15, 0.2) is 24.3 Å². The van der Waals surface area contributed by atoms with E-state index in [1.165, 1.54) is 11.3 Å². The molecule has 0 spiro atoms. The molecule has 2 heteroatoms. The number of hydrogen-bond acceptors (Lipinski definition) is 2. The van der Waals surface area contributed by atoms with E-state index in [0.29, 0.717) is 0 Å². The minimum atomic E-state index is 0.233. The van der Waals surface area contributed by atoms with Gasteiger partial charge in [0.25, 0.3) is 0 Å². The quantitative estimate of drug-likeness (QED) is 0.757. The minimum absolute atomic E-state index is 0.233. The Hall–Kier alpha value is -1.02. The van der Waals surface area contributed by atoms with Gasteiger partial charge < -0.3 is 10.1 Å². The van der Waals surface area contributed by atoms with Gasteiger partial charge in [-0.3, -0.25) is 0 Å². The number of benzene rings is 1. The van der Waals surface area contributed by atoms with Gasteiger partial charge in [0.1, 0.15) is 0 Å². The van der Waals surface area contributed by atoms with E-state index in [2.05, 4.69) is 50.4 Å². The van der Waals surface area contributed by atoms with Crippen molar-refractivity contribution in [2.24, 2.45) is 0 Å². The average Bonchev–Trinajstić information content (AvgIpc) is 2.28. The number of ether oxygens (including phenoxy) is 1. The summed E-state index contributed by atoms with van der Waals surface area (Å²) in [4.78, 5) is 0. The van der Waals surface area contributed by atoms with Gasteiger partial charge in [0, 0.05) is 25.9 Å². The van der Waals surface area contributed by atoms with Crippen LogP contribution in [-0.4, -0.2) is 20.3 Å². The lowest BCUT2D eigenvalue weighted by Gasteiger charge is -2.19. The van der Waals surface area contributed by atoms with E-state index in [-0.39, 0.29) is 5.41 Å². The average molecular weight is 235 g/mol. The van der Waals surface area contributed by atoms with Crippen molar-refractivity contribution in [1.82, 2.24) is 0 Å². The molecule has 2 nitrogen and oxygen atoms in total. The van der Waals surface area contributed by atoms with Crippen molar-refractivity contribution >= 4 is 5.69 Å². The molecule has 0 radical (unpaired) electrons. The standard InChI is InChI=1S/C15H25NO/c1-15(2,3)13-7-9-14(10-8-13)16-11-5-6-12-17-4/h7-10,16H,5-6,11-12H2,1-4H3. The molecule has 0 aliphatic heterocycles. The lowest BCUT2D eigenvalue weighted by Crippen LogP contribution is -2.11. The third-order valence-corrected chi connectivity index (χ3v) is 2.86. The first kappa shape index (κ1) is 14.0. The molecule has 0 saturated carbocycles. The van der Waals surface area contributed by atoms with E-state index in [0.717, 1.165) is 26.0 Å². The van der Waals surface area contributed by atoms with Crippen LogP contribution in [-0.2, 0) is 10.2 Å². The minimum Gasteiger partial charge on any atom is -0.385 e. The summed E-state index contributed by atoms with van der Waals surface area (Å²) in [5.74, 6) is 0. The maximum atomic E-state index is 5.02. The number of nitrogens with one attached hydrogen (secondary N) is 1. The molecular weight excluding hydrogens is 210 g/mol. The van der Waals surface area contributed by atoms with Crippen molar-refractivity contribution in [3.05, 3.63) is 29.8 Å². The van der Waals surface area contributed by atoms with Crippen LogP contribution in [0.3, 0.4) is 0 Å². The Bertz CT molecular complexity index is 311. The van der Waals surface area contributed by atoms with Crippen molar-refractivity contribution in [2.45, 2.75) is 39.0 Å². The van der Waals surface area contributed by atoms with Gasteiger partial charge in [0.2, 0.25) is 0 Å². The molecule has 17 heavy (non-hydrogen) atoms. The summed E-state index contributed by atoms with van der Waals surface area (Å²) in [6.45, 7) is 8.57. The van der Waals surface area contributed by atoms with E-state index in [9.17, 15) is 0 Å². The van der Waals surface area contributed by atoms with Crippen LogP contribution in [0.5, 0.6) is 0 Å². The van der Waals surface area contributed by atoms with Crippen LogP contribution >= 0.6 is 0 Å². The molecule has 1 N–H and O–H groups in total. The highest BCUT2D eigenvalue weighted by molar-refractivity contribution is 5.45. The molecule has 0 unspecified atom stereocenters. The number of hydrogen-bond donors (Lipinski definition) is 1. The van der Waals surface area contributed by atoms with Gasteiger partial charge in [-0.15, -0.1) is 0 Å². The van der Waals surface area contributed by atoms with Crippen molar-refractivity contribution in [1.29, 1.82) is 0 Å². The maximum absolute atomic E-state index is 5.02. The van der Waals surface area contributed by atoms with E-state index in [4.69, 9.17) is 4.74 Å². The molecule has 1 rings (SSSR count). The molecule has 0 aliphatic rings. The Morgan fingerprint density at radius 1 is 1.06 bits per heavy atom. The molecule has 0 fully saturated rings. The summed E-state index contributed by atoms with van der Waals surface area (Å²) in [6.07, 6.45) is 2.26. The lowest BCUT2D eigenvalue weighted by molar-refractivity contribution is 0.194. The Morgan fingerprint density at radius 3 is 2.24 bits per heavy atom. The first-order valence-electron chi connectivity index (χ1n) is 6.37. The van der Waals surface area contributed by atoms with Gasteiger partial charge in [0.05, 0.1) is 0 Å². The van der Waals surface area contributed by atoms with Gasteiger partial charge in [-0.2, -0.15) is 0 Å². The predicted octanol–water partition coefficient (Wildman–Crippen LogP) is 3.82. The second-order valence-corrected chi connectivity index (χ2v) is 5.45. The van der Waals surface area contributed by atoms with Crippen LogP contribution in [0.4, 0.5) is 5.69 Å². The predicted molar refractivity (Wildman–Crippen MR) is 74.7 cm³/mol. The molecule has 0 aliphatic carbocycles. The fraction of sp³-hybridized carbons (Fsp3) is 0.600. The van der Waals surface area contributed by atoms with Gasteiger partial charge in [-0.1, -0.05) is 32.9 Å². The lowest BCUT2D eigenvalue weighted by atomic mass is 9.87. The molecular formula is C15H25NO. The molecule has 0 bridgehead atoms. The Morgan fingerprint density at radius 2 is 1.71 bits per heavy atom. The first-order valence-corrected chi connectivity index (χ1v) is 6.37. The van der Waals surface area contributed by atoms with E-state index >= 15 is 0 Å². The van der Waals surface area contributed by atoms with Crippen molar-refractivity contribution in [3.63, 3.8) is 0 Å². The van der Waals surface area contributed by atoms with Crippen molar-refractivity contribution in [3.8, 4) is 0 Å². The summed E-state index contributed by atoms with van der Waals surface area (Å²) < 4.78 is 5.02. The number of methoxy groups -OCH3 is 1. The SMILES string of the molecule is COCCCCNc1ccc(C(C)(C)C)cc1. The highest BCUT2D eigenvalue weighted by atomic mass is 16.5. The van der Waals surface area contributed by atoms with Gasteiger partial charge >= 0.3 is 0 Å². The fourth-order valence-electron chi connectivity index (χ4n) is 1.69. The normalized spacial score (nSPS) is 11.5. The van der Waals surface area contributed by atoms with Crippen LogP contribution < -0.4 is 5.32 Å². The Kier molecular flexibility index (Phi) is 5.49. The maximum Gasteiger partial charge on any atom is 0.0462 e. The monoisotopic (exact) mass is 235 g/mol. The fourth-order valence-corrected chi connectivity index (χ4v) is 1.69. The highest BCUT2D eigenvalue weighted by Gasteiger charge is 2.12. The second kappa shape index (κ2) is 6.65. The highest BCUT2D eigenvalue weighted by Crippen LogP contribution is 2.23. The van der Waals surface area contributed by atoms with Gasteiger partial charge in [0.15, 0.2) is 0 Å². The zero-order valence-electron chi connectivity index (χ0n) is 11.5. The molecule has 0 atom stereocenters. The number of rotatable bonds is 6. The summed E-state index contributed by atoms with van der Waals surface area (Å²) in [6, 6.07) is 8.74. The molecule has 1 aromatic carbocycles. The zero-order chi connectivity index (χ0) is 12.7. The van der Waals surface area contributed by atoms with Gasteiger partial charge in [-0.25, -0.2) is 0 Å². The van der Waals surface area contributed by atoms with Crippen LogP contribution in [0.25, 0.3) is 0 Å². The van der Waals surface area contributed by atoms with Crippen molar-refractivity contribution in [2.75, 3.05) is 25.6 Å². The second-order valence-electron chi connectivity index (χ2n) is 5.45. The molecule has 96 valence electrons. The van der Waals surface area contributed by atoms with Gasteiger partial charge in [-0.05, 0) is 36.0 Å². The largest absolute Gasteiger partial charge is 0.385 e. The Labute approximate surface area is 105 Å². The smallest absolute Gasteiger partial charge is 0.0462 e.